The molecule has 8 heteroatoms. The van der Waals surface area contributed by atoms with Crippen LogP contribution in [0, 0.1) is 16.0 Å². The molecule has 0 saturated carbocycles. The van der Waals surface area contributed by atoms with Crippen molar-refractivity contribution in [3.05, 3.63) is 74.3 Å². The van der Waals surface area contributed by atoms with Crippen molar-refractivity contribution < 1.29 is 24.0 Å². The maximum absolute atomic E-state index is 12.4. The van der Waals surface area contributed by atoms with Crippen molar-refractivity contribution in [1.82, 2.24) is 0 Å². The summed E-state index contributed by atoms with van der Waals surface area (Å²) in [7, 11) is 0. The van der Waals surface area contributed by atoms with Gasteiger partial charge < -0.3 is 9.47 Å². The topological polar surface area (TPSA) is 95.7 Å². The number of rotatable bonds is 7. The van der Waals surface area contributed by atoms with Gasteiger partial charge in [0.15, 0.2) is 0 Å². The Morgan fingerprint density at radius 2 is 1.63 bits per heavy atom. The number of hydrogen-bond donors (Lipinski definition) is 0. The molecule has 0 bridgehead atoms. The molecule has 0 heterocycles. The molecular formula is C19H18ClNO6. The predicted octanol–water partition coefficient (Wildman–Crippen LogP) is 4.42. The molecule has 0 atom stereocenters. The molecule has 0 aliphatic heterocycles. The summed E-state index contributed by atoms with van der Waals surface area (Å²) in [5, 5.41) is 11.1. The van der Waals surface area contributed by atoms with Gasteiger partial charge in [-0.1, -0.05) is 43.6 Å². The van der Waals surface area contributed by atoms with E-state index in [2.05, 4.69) is 0 Å². The van der Waals surface area contributed by atoms with Crippen LogP contribution in [0.2, 0.25) is 5.02 Å². The van der Waals surface area contributed by atoms with E-state index in [4.69, 9.17) is 21.1 Å². The first kappa shape index (κ1) is 20.4. The maximum Gasteiger partial charge on any atom is 0.339 e. The fourth-order valence-electron chi connectivity index (χ4n) is 2.26. The highest BCUT2D eigenvalue weighted by atomic mass is 35.5. The lowest BCUT2D eigenvalue weighted by Gasteiger charge is -2.11. The molecule has 0 spiro atoms. The van der Waals surface area contributed by atoms with Crippen LogP contribution in [-0.4, -0.2) is 23.5 Å². The first-order valence-electron chi connectivity index (χ1n) is 8.16. The van der Waals surface area contributed by atoms with Gasteiger partial charge in [0.05, 0.1) is 28.2 Å². The van der Waals surface area contributed by atoms with E-state index < -0.39 is 16.9 Å². The van der Waals surface area contributed by atoms with E-state index in [1.807, 2.05) is 13.8 Å². The third-order valence-electron chi connectivity index (χ3n) is 3.53. The number of ether oxygens (including phenoxy) is 2. The van der Waals surface area contributed by atoms with Gasteiger partial charge in [0.25, 0.3) is 5.69 Å². The lowest BCUT2D eigenvalue weighted by atomic mass is 10.1. The number of carbonyl (C=O) groups is 2. The van der Waals surface area contributed by atoms with Gasteiger partial charge in [-0.15, -0.1) is 0 Å². The van der Waals surface area contributed by atoms with Crippen molar-refractivity contribution in [2.45, 2.75) is 20.5 Å². The van der Waals surface area contributed by atoms with Gasteiger partial charge in [-0.25, -0.2) is 9.59 Å². The van der Waals surface area contributed by atoms with Crippen molar-refractivity contribution in [2.75, 3.05) is 6.61 Å². The molecule has 0 unspecified atom stereocenters. The summed E-state index contributed by atoms with van der Waals surface area (Å²) in [4.78, 5) is 35.1. The summed E-state index contributed by atoms with van der Waals surface area (Å²) in [5.74, 6) is -1.28. The Balaban J connectivity index is 2.17. The van der Waals surface area contributed by atoms with Crippen LogP contribution in [0.1, 0.15) is 40.1 Å². The molecule has 2 rings (SSSR count). The van der Waals surface area contributed by atoms with Gasteiger partial charge in [-0.05, 0) is 30.2 Å². The summed E-state index contributed by atoms with van der Waals surface area (Å²) in [6.07, 6.45) is 0. The second kappa shape index (κ2) is 9.14. The molecule has 0 amide bonds. The van der Waals surface area contributed by atoms with Crippen molar-refractivity contribution in [2.24, 2.45) is 5.92 Å². The van der Waals surface area contributed by atoms with Crippen molar-refractivity contribution in [3.8, 4) is 0 Å². The zero-order chi connectivity index (χ0) is 20.0. The molecule has 2 aromatic rings. The minimum Gasteiger partial charge on any atom is -0.462 e. The summed E-state index contributed by atoms with van der Waals surface area (Å²) < 4.78 is 10.3. The molecule has 0 aliphatic rings. The van der Waals surface area contributed by atoms with Gasteiger partial charge >= 0.3 is 11.9 Å². The third-order valence-corrected chi connectivity index (χ3v) is 3.83. The molecule has 0 aliphatic carbocycles. The Morgan fingerprint density at radius 1 is 1.04 bits per heavy atom. The Hall–Kier alpha value is -2.93. The average molecular weight is 392 g/mol. The average Bonchev–Trinajstić information content (AvgIpc) is 2.63. The third kappa shape index (κ3) is 5.27. The molecule has 0 fully saturated rings. The monoisotopic (exact) mass is 391 g/mol. The van der Waals surface area contributed by atoms with E-state index in [9.17, 15) is 19.7 Å². The van der Waals surface area contributed by atoms with E-state index in [1.54, 1.807) is 12.1 Å². The van der Waals surface area contributed by atoms with Crippen molar-refractivity contribution in [3.63, 3.8) is 0 Å². The quantitative estimate of drug-likeness (QED) is 0.394. The van der Waals surface area contributed by atoms with Gasteiger partial charge in [0, 0.05) is 0 Å². The van der Waals surface area contributed by atoms with Crippen LogP contribution in [-0.2, 0) is 16.1 Å². The van der Waals surface area contributed by atoms with E-state index in [-0.39, 0.29) is 46.5 Å². The van der Waals surface area contributed by atoms with Gasteiger partial charge in [0.1, 0.15) is 11.6 Å². The zero-order valence-electron chi connectivity index (χ0n) is 14.8. The highest BCUT2D eigenvalue weighted by Gasteiger charge is 2.22. The van der Waals surface area contributed by atoms with E-state index in [0.717, 1.165) is 0 Å². The van der Waals surface area contributed by atoms with Gasteiger partial charge in [-0.2, -0.15) is 0 Å². The molecule has 0 saturated heterocycles. The Bertz CT molecular complexity index is 865. The maximum atomic E-state index is 12.4. The normalized spacial score (nSPS) is 10.5. The first-order chi connectivity index (χ1) is 12.8. The molecule has 7 nitrogen and oxygen atoms in total. The molecule has 0 radical (unpaired) electrons. The van der Waals surface area contributed by atoms with Crippen molar-refractivity contribution >= 4 is 29.2 Å². The van der Waals surface area contributed by atoms with Crippen LogP contribution in [0.15, 0.2) is 42.5 Å². The zero-order valence-corrected chi connectivity index (χ0v) is 15.6. The summed E-state index contributed by atoms with van der Waals surface area (Å²) >= 11 is 5.84. The SMILES string of the molecule is CC(C)COC(=O)c1ccccc1C(=O)OCc1cccc(Cl)c1[N+](=O)[O-]. The predicted molar refractivity (Wildman–Crippen MR) is 98.8 cm³/mol. The molecular weight excluding hydrogens is 374 g/mol. The van der Waals surface area contributed by atoms with Gasteiger partial charge in [-0.3, -0.25) is 10.1 Å². The number of nitro groups is 1. The Labute approximate surface area is 161 Å². The summed E-state index contributed by atoms with van der Waals surface area (Å²) in [6.45, 7) is 3.65. The lowest BCUT2D eigenvalue weighted by Crippen LogP contribution is -2.16. The summed E-state index contributed by atoms with van der Waals surface area (Å²) in [5.41, 5.74) is -0.0722. The number of hydrogen-bond acceptors (Lipinski definition) is 6. The Morgan fingerprint density at radius 3 is 2.19 bits per heavy atom. The number of nitro benzene ring substituents is 1. The summed E-state index contributed by atoms with van der Waals surface area (Å²) in [6, 6.07) is 10.4. The number of para-hydroxylation sites is 1. The number of carbonyl (C=O) groups excluding carboxylic acids is 2. The van der Waals surface area contributed by atoms with Crippen molar-refractivity contribution in [1.29, 1.82) is 0 Å². The second-order valence-corrected chi connectivity index (χ2v) is 6.53. The molecule has 142 valence electrons. The van der Waals surface area contributed by atoms with E-state index in [1.165, 1.54) is 30.3 Å². The number of benzene rings is 2. The van der Waals surface area contributed by atoms with Crippen LogP contribution in [0.5, 0.6) is 0 Å². The molecule has 27 heavy (non-hydrogen) atoms. The minimum absolute atomic E-state index is 0.0240. The van der Waals surface area contributed by atoms with Crippen LogP contribution in [0.25, 0.3) is 0 Å². The largest absolute Gasteiger partial charge is 0.462 e. The fraction of sp³-hybridized carbons (Fsp3) is 0.263. The second-order valence-electron chi connectivity index (χ2n) is 6.12. The molecule has 2 aromatic carbocycles. The number of nitrogens with zero attached hydrogens (tertiary/aromatic N) is 1. The standard InChI is InChI=1S/C19H18ClNO6/c1-12(2)10-26-18(22)14-7-3-4-8-15(14)19(23)27-11-13-6-5-9-16(20)17(13)21(24)25/h3-9,12H,10-11H2,1-2H3. The van der Waals surface area contributed by atoms with Crippen LogP contribution >= 0.6 is 11.6 Å². The lowest BCUT2D eigenvalue weighted by molar-refractivity contribution is -0.385. The minimum atomic E-state index is -0.790. The van der Waals surface area contributed by atoms with E-state index >= 15 is 0 Å². The molecule has 0 N–H and O–H groups in total. The smallest absolute Gasteiger partial charge is 0.339 e. The number of esters is 2. The van der Waals surface area contributed by atoms with Crippen LogP contribution < -0.4 is 0 Å². The van der Waals surface area contributed by atoms with Crippen LogP contribution in [0.3, 0.4) is 0 Å². The first-order valence-corrected chi connectivity index (χ1v) is 8.54. The van der Waals surface area contributed by atoms with E-state index in [0.29, 0.717) is 0 Å². The highest BCUT2D eigenvalue weighted by Crippen LogP contribution is 2.29. The van der Waals surface area contributed by atoms with Crippen LogP contribution in [0.4, 0.5) is 5.69 Å². The Kier molecular flexibility index (Phi) is 6.90. The van der Waals surface area contributed by atoms with Gasteiger partial charge in [0.2, 0.25) is 0 Å². The fourth-order valence-corrected chi connectivity index (χ4v) is 2.52. The molecule has 0 aromatic heterocycles. The highest BCUT2D eigenvalue weighted by molar-refractivity contribution is 6.32. The number of halogens is 1.